The lowest BCUT2D eigenvalue weighted by atomic mass is 9.85. The van der Waals surface area contributed by atoms with E-state index >= 15 is 0 Å². The Kier molecular flexibility index (Phi) is 38.9. The maximum atomic E-state index is 13.1. The first kappa shape index (κ1) is 68.8. The minimum absolute atomic E-state index is 0.139. The molecule has 6 N–H and O–H groups in total. The molecule has 12 heteroatoms. The second kappa shape index (κ2) is 40.1. The molecule has 71 heavy (non-hydrogen) atoms. The molecule has 0 radical (unpaired) electrons. The van der Waals surface area contributed by atoms with E-state index in [1.165, 1.54) is 141 Å². The van der Waals surface area contributed by atoms with Crippen LogP contribution in [-0.2, 0) is 23.1 Å². The molecule has 1 rings (SSSR count). The summed E-state index contributed by atoms with van der Waals surface area (Å²) in [5.41, 5.74) is 0. The van der Waals surface area contributed by atoms with Gasteiger partial charge in [-0.2, -0.15) is 0 Å². The van der Waals surface area contributed by atoms with E-state index in [0.29, 0.717) is 31.0 Å². The molecule has 0 spiro atoms. The lowest BCUT2D eigenvalue weighted by Crippen LogP contribution is -2.64. The van der Waals surface area contributed by atoms with Crippen molar-refractivity contribution in [2.75, 3.05) is 26.4 Å². The number of hydrogen-bond acceptors (Lipinski definition) is 10. The van der Waals surface area contributed by atoms with Crippen LogP contribution in [0.15, 0.2) is 0 Å². The van der Waals surface area contributed by atoms with Crippen LogP contribution in [0.25, 0.3) is 0 Å². The lowest BCUT2D eigenvalue weighted by Gasteiger charge is -2.41. The Morgan fingerprint density at radius 1 is 0.366 bits per heavy atom. The van der Waals surface area contributed by atoms with Crippen molar-refractivity contribution in [3.8, 4) is 0 Å². The second-order valence-electron chi connectivity index (χ2n) is 25.0. The first-order valence-electron chi connectivity index (χ1n) is 29.8. The van der Waals surface area contributed by atoms with Crippen LogP contribution in [0.1, 0.15) is 250 Å². The van der Waals surface area contributed by atoms with Crippen molar-refractivity contribution in [2.24, 2.45) is 59.2 Å². The molecule has 0 aliphatic heterocycles. The number of rotatable bonds is 46. The topological polar surface area (TPSA) is 175 Å². The van der Waals surface area contributed by atoms with E-state index < -0.39 is 50.6 Å². The molecule has 0 bridgehead atoms. The Hall–Kier alpha value is -0.170. The van der Waals surface area contributed by atoms with E-state index in [9.17, 15) is 35.0 Å². The van der Waals surface area contributed by atoms with E-state index in [2.05, 4.69) is 83.1 Å². The van der Waals surface area contributed by atoms with Gasteiger partial charge in [0.1, 0.15) is 42.7 Å². The molecule has 0 aromatic rings. The molecule has 426 valence electrons. The lowest BCUT2D eigenvalue weighted by molar-refractivity contribution is -0.220. The second-order valence-corrected chi connectivity index (χ2v) is 26.4. The number of aliphatic hydroxyl groups is 5. The standard InChI is InChI=1S/C59H119O11P/c1-43(2)21-13-23-45(5)25-15-27-47(7)29-17-31-49(9)33-19-35-51(11)37-39-67-41-53(42-69-71(65,66)70-59-57(63)55(61)54(60)56(62)58(59)64)68-40-38-52(12)36-20-34-50(10)32-18-30-48(8)28-16-26-46(6)24-14-22-44(3)4/h43-64H,13-42H2,1-12H3,(H,65,66)/t45?,46?,47?,48?,49?,50?,51?,52?,53?,54?,55-,56+,57-,58-,59?/m1/s1. The normalized spacial score (nSPS) is 24.6. The number of ether oxygens (including phenoxy) is 2. The van der Waals surface area contributed by atoms with Crippen LogP contribution in [0, 0.1) is 59.2 Å². The Morgan fingerprint density at radius 3 is 0.944 bits per heavy atom. The number of aliphatic hydroxyl groups excluding tert-OH is 5. The highest BCUT2D eigenvalue weighted by atomic mass is 31.2. The zero-order valence-corrected chi connectivity index (χ0v) is 49.1. The largest absolute Gasteiger partial charge is 0.472 e. The van der Waals surface area contributed by atoms with Gasteiger partial charge in [-0.3, -0.25) is 9.05 Å². The highest BCUT2D eigenvalue weighted by Crippen LogP contribution is 2.47. The van der Waals surface area contributed by atoms with E-state index in [-0.39, 0.29) is 13.2 Å². The molecule has 11 nitrogen and oxygen atoms in total. The van der Waals surface area contributed by atoms with Gasteiger partial charge in [0.05, 0.1) is 13.2 Å². The fraction of sp³-hybridized carbons (Fsp3) is 1.00. The van der Waals surface area contributed by atoms with E-state index in [0.717, 1.165) is 67.1 Å². The molecule has 1 aliphatic rings. The number of phosphoric acid groups is 1. The highest BCUT2D eigenvalue weighted by Gasteiger charge is 2.51. The Bertz CT molecular complexity index is 1270. The first-order valence-corrected chi connectivity index (χ1v) is 31.3. The van der Waals surface area contributed by atoms with Crippen molar-refractivity contribution in [3.05, 3.63) is 0 Å². The maximum absolute atomic E-state index is 13.1. The van der Waals surface area contributed by atoms with E-state index in [4.69, 9.17) is 18.5 Å². The molecular formula is C59H119O11P. The van der Waals surface area contributed by atoms with Crippen molar-refractivity contribution in [1.82, 2.24) is 0 Å². The van der Waals surface area contributed by atoms with Crippen LogP contribution in [0.4, 0.5) is 0 Å². The van der Waals surface area contributed by atoms with Crippen LogP contribution >= 0.6 is 7.82 Å². The monoisotopic (exact) mass is 1030 g/mol. The van der Waals surface area contributed by atoms with Crippen LogP contribution in [0.2, 0.25) is 0 Å². The van der Waals surface area contributed by atoms with Gasteiger partial charge in [-0.05, 0) is 72.0 Å². The minimum atomic E-state index is -4.93. The third-order valence-corrected chi connectivity index (χ3v) is 17.1. The Labute approximate surface area is 438 Å². The molecule has 0 saturated heterocycles. The summed E-state index contributed by atoms with van der Waals surface area (Å²) in [6.07, 6.45) is 20.9. The van der Waals surface area contributed by atoms with E-state index in [1.807, 2.05) is 0 Å². The summed E-state index contributed by atoms with van der Waals surface area (Å²) >= 11 is 0. The van der Waals surface area contributed by atoms with Crippen molar-refractivity contribution >= 4 is 7.82 Å². The van der Waals surface area contributed by atoms with Crippen LogP contribution in [0.5, 0.6) is 0 Å². The molecule has 16 atom stereocenters. The molecular weight excluding hydrogens is 916 g/mol. The summed E-state index contributed by atoms with van der Waals surface area (Å²) in [5, 5.41) is 50.8. The van der Waals surface area contributed by atoms with Gasteiger partial charge in [-0.15, -0.1) is 0 Å². The molecule has 0 amide bonds. The van der Waals surface area contributed by atoms with Gasteiger partial charge < -0.3 is 39.9 Å². The fourth-order valence-electron chi connectivity index (χ4n) is 10.6. The van der Waals surface area contributed by atoms with Crippen molar-refractivity contribution < 1.29 is 53.5 Å². The van der Waals surface area contributed by atoms with Crippen LogP contribution < -0.4 is 0 Å². The Morgan fingerprint density at radius 2 is 0.634 bits per heavy atom. The van der Waals surface area contributed by atoms with Gasteiger partial charge in [0, 0.05) is 13.2 Å². The molecule has 12 unspecified atom stereocenters. The fourth-order valence-corrected chi connectivity index (χ4v) is 11.5. The SMILES string of the molecule is CC(C)CCCC(C)CCCC(C)CCCC(C)CCCC(C)CCOCC(COP(=O)(O)OC1[C@H](O)[C@H](O)C(O)[C@H](O)[C@H]1O)OCCC(C)CCCC(C)CCCC(C)CCCC(C)CCCC(C)C. The summed E-state index contributed by atoms with van der Waals surface area (Å²) < 4.78 is 35.7. The predicted molar refractivity (Wildman–Crippen MR) is 294 cm³/mol. The summed E-state index contributed by atoms with van der Waals surface area (Å²) in [6, 6.07) is 0. The quantitative estimate of drug-likeness (QED) is 0.0253. The average Bonchev–Trinajstić information content (AvgIpc) is 3.29. The van der Waals surface area contributed by atoms with Gasteiger partial charge in [0.15, 0.2) is 0 Å². The number of phosphoric ester groups is 1. The minimum Gasteiger partial charge on any atom is -0.387 e. The highest BCUT2D eigenvalue weighted by molar-refractivity contribution is 7.47. The molecule has 1 saturated carbocycles. The van der Waals surface area contributed by atoms with Crippen molar-refractivity contribution in [1.29, 1.82) is 0 Å². The zero-order chi connectivity index (χ0) is 53.4. The molecule has 1 fully saturated rings. The van der Waals surface area contributed by atoms with Gasteiger partial charge in [0.2, 0.25) is 0 Å². The predicted octanol–water partition coefficient (Wildman–Crippen LogP) is 14.3. The smallest absolute Gasteiger partial charge is 0.387 e. The third-order valence-electron chi connectivity index (χ3n) is 16.1. The van der Waals surface area contributed by atoms with E-state index in [1.54, 1.807) is 0 Å². The summed E-state index contributed by atoms with van der Waals surface area (Å²) in [5.74, 6) is 7.33. The summed E-state index contributed by atoms with van der Waals surface area (Å²) in [4.78, 5) is 10.6. The maximum Gasteiger partial charge on any atom is 0.472 e. The molecule has 0 aromatic carbocycles. The van der Waals surface area contributed by atoms with Crippen molar-refractivity contribution in [3.63, 3.8) is 0 Å². The zero-order valence-electron chi connectivity index (χ0n) is 48.2. The van der Waals surface area contributed by atoms with Gasteiger partial charge in [0.25, 0.3) is 0 Å². The van der Waals surface area contributed by atoms with Crippen LogP contribution in [0.3, 0.4) is 0 Å². The molecule has 0 aromatic heterocycles. The van der Waals surface area contributed by atoms with Gasteiger partial charge in [-0.1, -0.05) is 237 Å². The number of hydrogen-bond donors (Lipinski definition) is 6. The summed E-state index contributed by atoms with van der Waals surface area (Å²) in [6.45, 7) is 29.0. The van der Waals surface area contributed by atoms with Crippen molar-refractivity contribution in [2.45, 2.75) is 293 Å². The molecule has 0 heterocycles. The third kappa shape index (κ3) is 35.0. The molecule has 1 aliphatic carbocycles. The van der Waals surface area contributed by atoms with Gasteiger partial charge in [-0.25, -0.2) is 4.57 Å². The first-order chi connectivity index (χ1) is 33.5. The Balaban J connectivity index is 2.50. The van der Waals surface area contributed by atoms with Crippen LogP contribution in [-0.4, -0.2) is 99.6 Å². The van der Waals surface area contributed by atoms with Gasteiger partial charge >= 0.3 is 7.82 Å². The summed E-state index contributed by atoms with van der Waals surface area (Å²) in [7, 11) is -4.93. The average molecular weight is 1040 g/mol.